The van der Waals surface area contributed by atoms with Gasteiger partial charge in [0.05, 0.1) is 12.1 Å². The van der Waals surface area contributed by atoms with E-state index in [0.29, 0.717) is 0 Å². The second kappa shape index (κ2) is 3.51. The maximum absolute atomic E-state index is 11.6. The zero-order valence-electron chi connectivity index (χ0n) is 8.12. The van der Waals surface area contributed by atoms with E-state index in [2.05, 4.69) is 10.3 Å². The highest BCUT2D eigenvalue weighted by Gasteiger charge is 2.43. The minimum absolute atomic E-state index is 0.0799. The lowest BCUT2D eigenvalue weighted by atomic mass is 10.2. The summed E-state index contributed by atoms with van der Waals surface area (Å²) >= 11 is 0. The van der Waals surface area contributed by atoms with Crippen molar-refractivity contribution < 1.29 is 9.90 Å². The zero-order chi connectivity index (χ0) is 10.9. The third-order valence-electron chi connectivity index (χ3n) is 2.60. The molecule has 0 saturated heterocycles. The Balaban J connectivity index is 2.15. The van der Waals surface area contributed by atoms with Crippen molar-refractivity contribution in [3.63, 3.8) is 0 Å². The molecule has 2 rings (SSSR count). The summed E-state index contributed by atoms with van der Waals surface area (Å²) in [6.07, 6.45) is 3.00. The number of hydrogen-bond donors (Lipinski definition) is 3. The van der Waals surface area contributed by atoms with Crippen LogP contribution < -0.4 is 10.9 Å². The molecule has 1 aliphatic carbocycles. The fourth-order valence-electron chi connectivity index (χ4n) is 1.38. The molecule has 1 fully saturated rings. The lowest BCUT2D eigenvalue weighted by molar-refractivity contribution is 0.0905. The third kappa shape index (κ3) is 1.92. The Morgan fingerprint density at radius 2 is 2.33 bits per heavy atom. The first-order valence-electron chi connectivity index (χ1n) is 4.78. The van der Waals surface area contributed by atoms with E-state index in [-0.39, 0.29) is 12.2 Å². The number of H-pyrrole nitrogens is 1. The first kappa shape index (κ1) is 9.92. The molecule has 0 aromatic carbocycles. The molecule has 0 atom stereocenters. The molecule has 3 N–H and O–H groups in total. The highest BCUT2D eigenvalue weighted by Crippen LogP contribution is 2.34. The SMILES string of the molecule is O=C(NC1(CO)CC1)c1ccc[nH]c1=O. The molecule has 1 aromatic heterocycles. The van der Waals surface area contributed by atoms with Crippen LogP contribution in [-0.2, 0) is 0 Å². The number of amides is 1. The number of aromatic nitrogens is 1. The normalized spacial score (nSPS) is 17.1. The van der Waals surface area contributed by atoms with Gasteiger partial charge in [-0.15, -0.1) is 0 Å². The van der Waals surface area contributed by atoms with Gasteiger partial charge in [-0.3, -0.25) is 9.59 Å². The summed E-state index contributed by atoms with van der Waals surface area (Å²) in [5.74, 6) is -0.427. The molecular weight excluding hydrogens is 196 g/mol. The summed E-state index contributed by atoms with van der Waals surface area (Å²) in [4.78, 5) is 25.3. The Bertz CT molecular complexity index is 434. The van der Waals surface area contributed by atoms with Gasteiger partial charge < -0.3 is 15.4 Å². The van der Waals surface area contributed by atoms with Gasteiger partial charge in [0.25, 0.3) is 11.5 Å². The van der Waals surface area contributed by atoms with Crippen LogP contribution in [0.4, 0.5) is 0 Å². The van der Waals surface area contributed by atoms with Crippen molar-refractivity contribution in [3.05, 3.63) is 34.2 Å². The summed E-state index contributed by atoms with van der Waals surface area (Å²) in [6.45, 7) is -0.0799. The fourth-order valence-corrected chi connectivity index (χ4v) is 1.38. The number of nitrogens with one attached hydrogen (secondary N) is 2. The van der Waals surface area contributed by atoms with Gasteiger partial charge >= 0.3 is 0 Å². The van der Waals surface area contributed by atoms with Crippen LogP contribution >= 0.6 is 0 Å². The Kier molecular flexibility index (Phi) is 2.32. The van der Waals surface area contributed by atoms with Crippen molar-refractivity contribution in [2.45, 2.75) is 18.4 Å². The predicted molar refractivity (Wildman–Crippen MR) is 53.6 cm³/mol. The number of aliphatic hydroxyl groups excluding tert-OH is 1. The van der Waals surface area contributed by atoms with Crippen molar-refractivity contribution in [1.82, 2.24) is 10.3 Å². The number of pyridine rings is 1. The summed E-state index contributed by atoms with van der Waals surface area (Å²) < 4.78 is 0. The van der Waals surface area contributed by atoms with E-state index in [1.807, 2.05) is 0 Å². The number of rotatable bonds is 3. The smallest absolute Gasteiger partial charge is 0.260 e. The molecular formula is C10H12N2O3. The zero-order valence-corrected chi connectivity index (χ0v) is 8.12. The number of aromatic amines is 1. The molecule has 1 amide bonds. The van der Waals surface area contributed by atoms with Gasteiger partial charge in [0.2, 0.25) is 0 Å². The topological polar surface area (TPSA) is 82.2 Å². The van der Waals surface area contributed by atoms with E-state index in [4.69, 9.17) is 5.11 Å². The van der Waals surface area contributed by atoms with Crippen molar-refractivity contribution in [2.24, 2.45) is 0 Å². The molecule has 5 nitrogen and oxygen atoms in total. The summed E-state index contributed by atoms with van der Waals surface area (Å²) in [6, 6.07) is 3.05. The van der Waals surface area contributed by atoms with Gasteiger partial charge in [0.1, 0.15) is 5.56 Å². The fraction of sp³-hybridized carbons (Fsp3) is 0.400. The van der Waals surface area contributed by atoms with E-state index >= 15 is 0 Å². The minimum atomic E-state index is -0.487. The Hall–Kier alpha value is -1.62. The first-order chi connectivity index (χ1) is 7.17. The molecule has 1 aliphatic rings. The van der Waals surface area contributed by atoms with Gasteiger partial charge in [-0.2, -0.15) is 0 Å². The predicted octanol–water partition coefficient (Wildman–Crippen LogP) is -0.370. The average Bonchev–Trinajstić information content (AvgIpc) is 2.99. The lowest BCUT2D eigenvalue weighted by Gasteiger charge is -2.13. The largest absolute Gasteiger partial charge is 0.394 e. The highest BCUT2D eigenvalue weighted by atomic mass is 16.3. The lowest BCUT2D eigenvalue weighted by Crippen LogP contribution is -2.41. The van der Waals surface area contributed by atoms with Crippen molar-refractivity contribution in [1.29, 1.82) is 0 Å². The van der Waals surface area contributed by atoms with Gasteiger partial charge in [-0.1, -0.05) is 0 Å². The third-order valence-corrected chi connectivity index (χ3v) is 2.60. The molecule has 5 heteroatoms. The maximum Gasteiger partial charge on any atom is 0.260 e. The monoisotopic (exact) mass is 208 g/mol. The van der Waals surface area contributed by atoms with Crippen LogP contribution in [0, 0.1) is 0 Å². The summed E-state index contributed by atoms with van der Waals surface area (Å²) in [5.41, 5.74) is -0.819. The molecule has 80 valence electrons. The van der Waals surface area contributed by atoms with Crippen LogP contribution in [0.5, 0.6) is 0 Å². The number of carbonyl (C=O) groups excluding carboxylic acids is 1. The Morgan fingerprint density at radius 1 is 1.60 bits per heavy atom. The van der Waals surface area contributed by atoms with E-state index in [0.717, 1.165) is 12.8 Å². The maximum atomic E-state index is 11.6. The molecule has 0 spiro atoms. The molecule has 0 radical (unpaired) electrons. The molecule has 15 heavy (non-hydrogen) atoms. The Morgan fingerprint density at radius 3 is 2.87 bits per heavy atom. The standard InChI is InChI=1S/C10H12N2O3/c13-6-10(3-4-10)12-9(15)7-2-1-5-11-8(7)14/h1-2,5,13H,3-4,6H2,(H,11,14)(H,12,15). The second-order valence-corrected chi connectivity index (χ2v) is 3.81. The number of aliphatic hydroxyl groups is 1. The molecule has 0 unspecified atom stereocenters. The van der Waals surface area contributed by atoms with Crippen LogP contribution in [0.3, 0.4) is 0 Å². The second-order valence-electron chi connectivity index (χ2n) is 3.81. The van der Waals surface area contributed by atoms with Gasteiger partial charge in [0.15, 0.2) is 0 Å². The van der Waals surface area contributed by atoms with E-state index in [9.17, 15) is 9.59 Å². The Labute approximate surface area is 86.1 Å². The molecule has 0 bridgehead atoms. The number of carbonyl (C=O) groups is 1. The van der Waals surface area contributed by atoms with Crippen LogP contribution in [0.15, 0.2) is 23.1 Å². The van der Waals surface area contributed by atoms with Crippen LogP contribution in [0.1, 0.15) is 23.2 Å². The van der Waals surface area contributed by atoms with Gasteiger partial charge in [0, 0.05) is 6.20 Å². The van der Waals surface area contributed by atoms with Gasteiger partial charge in [-0.05, 0) is 25.0 Å². The van der Waals surface area contributed by atoms with E-state index in [1.54, 1.807) is 6.07 Å². The van der Waals surface area contributed by atoms with Crippen LogP contribution in [-0.4, -0.2) is 28.1 Å². The molecule has 1 heterocycles. The molecule has 0 aliphatic heterocycles. The molecule has 1 saturated carbocycles. The molecule has 1 aromatic rings. The highest BCUT2D eigenvalue weighted by molar-refractivity contribution is 5.94. The van der Waals surface area contributed by atoms with E-state index < -0.39 is 17.0 Å². The number of hydrogen-bond acceptors (Lipinski definition) is 3. The summed E-state index contributed by atoms with van der Waals surface area (Å²) in [7, 11) is 0. The quantitative estimate of drug-likeness (QED) is 0.633. The van der Waals surface area contributed by atoms with Crippen LogP contribution in [0.2, 0.25) is 0 Å². The first-order valence-corrected chi connectivity index (χ1v) is 4.78. The van der Waals surface area contributed by atoms with Gasteiger partial charge in [-0.25, -0.2) is 0 Å². The minimum Gasteiger partial charge on any atom is -0.394 e. The van der Waals surface area contributed by atoms with Crippen molar-refractivity contribution in [2.75, 3.05) is 6.61 Å². The van der Waals surface area contributed by atoms with Crippen molar-refractivity contribution >= 4 is 5.91 Å². The van der Waals surface area contributed by atoms with Crippen molar-refractivity contribution in [3.8, 4) is 0 Å². The van der Waals surface area contributed by atoms with E-state index in [1.165, 1.54) is 12.3 Å². The van der Waals surface area contributed by atoms with Crippen LogP contribution in [0.25, 0.3) is 0 Å². The summed E-state index contributed by atoms with van der Waals surface area (Å²) in [5, 5.41) is 11.7. The average molecular weight is 208 g/mol.